The number of nitrogens with zero attached hydrogens (tertiary/aromatic N) is 3. The Morgan fingerprint density at radius 2 is 1.84 bits per heavy atom. The molecule has 0 saturated carbocycles. The van der Waals surface area contributed by atoms with E-state index in [1.807, 2.05) is 18.2 Å². The van der Waals surface area contributed by atoms with Crippen molar-refractivity contribution in [3.05, 3.63) is 66.9 Å². The van der Waals surface area contributed by atoms with Crippen LogP contribution in [0.3, 0.4) is 0 Å². The van der Waals surface area contributed by atoms with Crippen molar-refractivity contribution < 1.29 is 0 Å². The SMILES string of the molecule is C1=CC2=NN(c3cccc4ccccc34)CN2C=C1. The first kappa shape index (κ1) is 10.4. The van der Waals surface area contributed by atoms with Gasteiger partial charge in [-0.05, 0) is 23.6 Å². The number of hydrogen-bond donors (Lipinski definition) is 0. The molecular weight excluding hydrogens is 234 g/mol. The number of benzene rings is 2. The summed E-state index contributed by atoms with van der Waals surface area (Å²) < 4.78 is 0. The quantitative estimate of drug-likeness (QED) is 0.769. The number of fused-ring (bicyclic) bond motifs is 2. The van der Waals surface area contributed by atoms with Crippen LogP contribution >= 0.6 is 0 Å². The average molecular weight is 247 g/mol. The van der Waals surface area contributed by atoms with Crippen molar-refractivity contribution in [2.45, 2.75) is 0 Å². The maximum Gasteiger partial charge on any atom is 0.154 e. The lowest BCUT2D eigenvalue weighted by Crippen LogP contribution is -2.26. The zero-order chi connectivity index (χ0) is 12.7. The molecule has 2 heterocycles. The highest BCUT2D eigenvalue weighted by atomic mass is 15.6. The van der Waals surface area contributed by atoms with Gasteiger partial charge in [-0.15, -0.1) is 0 Å². The number of amidine groups is 1. The van der Waals surface area contributed by atoms with Crippen LogP contribution < -0.4 is 5.01 Å². The van der Waals surface area contributed by atoms with Gasteiger partial charge in [0.1, 0.15) is 6.67 Å². The molecule has 92 valence electrons. The van der Waals surface area contributed by atoms with Crippen LogP contribution in [-0.4, -0.2) is 17.4 Å². The van der Waals surface area contributed by atoms with Crippen LogP contribution in [-0.2, 0) is 0 Å². The highest BCUT2D eigenvalue weighted by Gasteiger charge is 2.22. The van der Waals surface area contributed by atoms with Gasteiger partial charge in [0, 0.05) is 11.6 Å². The summed E-state index contributed by atoms with van der Waals surface area (Å²) in [6.45, 7) is 0.768. The van der Waals surface area contributed by atoms with Crippen molar-refractivity contribution in [1.29, 1.82) is 0 Å². The molecule has 3 heteroatoms. The monoisotopic (exact) mass is 247 g/mol. The van der Waals surface area contributed by atoms with Crippen molar-refractivity contribution in [3.63, 3.8) is 0 Å². The van der Waals surface area contributed by atoms with Gasteiger partial charge in [0.05, 0.1) is 5.69 Å². The fourth-order valence-electron chi connectivity index (χ4n) is 2.54. The standard InChI is InChI=1S/C16H13N3/c1-2-8-14-13(6-1)7-5-9-15(14)19-12-18-11-4-3-10-16(18)17-19/h1-11H,12H2. The number of allylic oxidation sites excluding steroid dienone is 2. The Morgan fingerprint density at radius 1 is 0.947 bits per heavy atom. The molecule has 0 amide bonds. The largest absolute Gasteiger partial charge is 0.311 e. The summed E-state index contributed by atoms with van der Waals surface area (Å²) in [4.78, 5) is 2.14. The topological polar surface area (TPSA) is 18.8 Å². The first-order valence-electron chi connectivity index (χ1n) is 6.37. The Bertz CT molecular complexity index is 722. The van der Waals surface area contributed by atoms with E-state index in [0.29, 0.717) is 0 Å². The van der Waals surface area contributed by atoms with E-state index in [-0.39, 0.29) is 0 Å². The summed E-state index contributed by atoms with van der Waals surface area (Å²) in [6, 6.07) is 14.8. The van der Waals surface area contributed by atoms with E-state index in [4.69, 9.17) is 0 Å². The molecule has 3 nitrogen and oxygen atoms in total. The molecule has 0 unspecified atom stereocenters. The molecule has 2 aromatic rings. The molecule has 19 heavy (non-hydrogen) atoms. The second-order valence-corrected chi connectivity index (χ2v) is 4.67. The van der Waals surface area contributed by atoms with Crippen molar-refractivity contribution in [2.75, 3.05) is 11.7 Å². The molecule has 0 aliphatic carbocycles. The molecule has 0 aromatic heterocycles. The predicted octanol–water partition coefficient (Wildman–Crippen LogP) is 3.32. The predicted molar refractivity (Wildman–Crippen MR) is 78.8 cm³/mol. The smallest absolute Gasteiger partial charge is 0.154 e. The van der Waals surface area contributed by atoms with Crippen molar-refractivity contribution in [1.82, 2.24) is 4.90 Å². The molecule has 0 bridgehead atoms. The summed E-state index contributed by atoms with van der Waals surface area (Å²) in [6.07, 6.45) is 8.14. The van der Waals surface area contributed by atoms with Gasteiger partial charge in [-0.2, -0.15) is 5.10 Å². The molecule has 0 N–H and O–H groups in total. The van der Waals surface area contributed by atoms with Crippen LogP contribution in [0.25, 0.3) is 10.8 Å². The molecule has 0 spiro atoms. The van der Waals surface area contributed by atoms with Gasteiger partial charge in [0.15, 0.2) is 5.84 Å². The van der Waals surface area contributed by atoms with Crippen LogP contribution in [0.4, 0.5) is 5.69 Å². The van der Waals surface area contributed by atoms with Crippen molar-refractivity contribution in [2.24, 2.45) is 5.10 Å². The van der Waals surface area contributed by atoms with Crippen LogP contribution in [0.5, 0.6) is 0 Å². The van der Waals surface area contributed by atoms with Crippen LogP contribution in [0, 0.1) is 0 Å². The van der Waals surface area contributed by atoms with Gasteiger partial charge in [-0.3, -0.25) is 0 Å². The second-order valence-electron chi connectivity index (χ2n) is 4.67. The Labute approximate surface area is 111 Å². The first-order chi connectivity index (χ1) is 9.42. The molecular formula is C16H13N3. The van der Waals surface area contributed by atoms with E-state index in [1.165, 1.54) is 10.8 Å². The van der Waals surface area contributed by atoms with Gasteiger partial charge < -0.3 is 4.90 Å². The molecule has 2 aliphatic heterocycles. The Morgan fingerprint density at radius 3 is 2.79 bits per heavy atom. The lowest BCUT2D eigenvalue weighted by molar-refractivity contribution is 0.590. The molecule has 2 aliphatic rings. The van der Waals surface area contributed by atoms with Gasteiger partial charge in [-0.1, -0.05) is 42.5 Å². The Balaban J connectivity index is 1.82. The second kappa shape index (κ2) is 3.99. The van der Waals surface area contributed by atoms with Gasteiger partial charge in [0.2, 0.25) is 0 Å². The number of hydrazone groups is 1. The zero-order valence-electron chi connectivity index (χ0n) is 10.4. The average Bonchev–Trinajstić information content (AvgIpc) is 2.90. The molecule has 0 saturated heterocycles. The summed E-state index contributed by atoms with van der Waals surface area (Å²) in [7, 11) is 0. The Hall–Kier alpha value is -2.55. The van der Waals surface area contributed by atoms with E-state index in [2.05, 4.69) is 63.7 Å². The maximum atomic E-state index is 4.67. The molecule has 0 radical (unpaired) electrons. The van der Waals surface area contributed by atoms with Crippen LogP contribution in [0.1, 0.15) is 0 Å². The van der Waals surface area contributed by atoms with Gasteiger partial charge in [0.25, 0.3) is 0 Å². The summed E-state index contributed by atoms with van der Waals surface area (Å²) >= 11 is 0. The minimum atomic E-state index is 0.768. The minimum Gasteiger partial charge on any atom is -0.311 e. The molecule has 4 rings (SSSR count). The third kappa shape index (κ3) is 1.63. The summed E-state index contributed by atoms with van der Waals surface area (Å²) in [5.74, 6) is 0.996. The lowest BCUT2D eigenvalue weighted by atomic mass is 10.1. The fourth-order valence-corrected chi connectivity index (χ4v) is 2.54. The summed E-state index contributed by atoms with van der Waals surface area (Å²) in [5.41, 5.74) is 1.15. The normalized spacial score (nSPS) is 16.9. The fraction of sp³-hybridized carbons (Fsp3) is 0.0625. The third-order valence-corrected chi connectivity index (χ3v) is 3.47. The number of hydrogen-bond acceptors (Lipinski definition) is 3. The molecule has 2 aromatic carbocycles. The van der Waals surface area contributed by atoms with Crippen LogP contribution in [0.15, 0.2) is 72.0 Å². The summed E-state index contributed by atoms with van der Waals surface area (Å²) in [5, 5.41) is 9.21. The molecule has 0 atom stereocenters. The van der Waals surface area contributed by atoms with E-state index < -0.39 is 0 Å². The van der Waals surface area contributed by atoms with Crippen LogP contribution in [0.2, 0.25) is 0 Å². The lowest BCUT2D eigenvalue weighted by Gasteiger charge is -2.19. The van der Waals surface area contributed by atoms with E-state index >= 15 is 0 Å². The Kier molecular flexibility index (Phi) is 2.18. The van der Waals surface area contributed by atoms with Crippen molar-refractivity contribution >= 4 is 22.3 Å². The van der Waals surface area contributed by atoms with E-state index in [0.717, 1.165) is 18.2 Å². The van der Waals surface area contributed by atoms with E-state index in [1.54, 1.807) is 0 Å². The minimum absolute atomic E-state index is 0.768. The van der Waals surface area contributed by atoms with E-state index in [9.17, 15) is 0 Å². The maximum absolute atomic E-state index is 4.67. The zero-order valence-corrected chi connectivity index (χ0v) is 10.4. The van der Waals surface area contributed by atoms with Crippen molar-refractivity contribution in [3.8, 4) is 0 Å². The van der Waals surface area contributed by atoms with Gasteiger partial charge in [-0.25, -0.2) is 5.01 Å². The van der Waals surface area contributed by atoms with Gasteiger partial charge >= 0.3 is 0 Å². The number of anilines is 1. The third-order valence-electron chi connectivity index (χ3n) is 3.47. The first-order valence-corrected chi connectivity index (χ1v) is 6.37. The highest BCUT2D eigenvalue weighted by Crippen LogP contribution is 2.29. The number of rotatable bonds is 1. The molecule has 0 fully saturated rings. The highest BCUT2D eigenvalue weighted by molar-refractivity contribution is 6.00.